The van der Waals surface area contributed by atoms with Crippen molar-refractivity contribution in [2.75, 3.05) is 6.54 Å². The summed E-state index contributed by atoms with van der Waals surface area (Å²) in [6.07, 6.45) is 3.71. The maximum atomic E-state index is 11.7. The Kier molecular flexibility index (Phi) is 4.96. The van der Waals surface area contributed by atoms with Crippen molar-refractivity contribution in [2.45, 2.75) is 32.1 Å². The highest BCUT2D eigenvalue weighted by Crippen LogP contribution is 2.28. The number of carboxylic acid groups (broad SMARTS) is 1. The highest BCUT2D eigenvalue weighted by atomic mass is 32.1. The molecule has 1 aliphatic rings. The largest absolute Gasteiger partial charge is 0.481 e. The number of hydrogen-bond donors (Lipinski definition) is 2. The molecule has 1 aliphatic carbocycles. The molecule has 0 spiro atoms. The van der Waals surface area contributed by atoms with E-state index in [0.717, 1.165) is 31.2 Å². The van der Waals surface area contributed by atoms with E-state index >= 15 is 0 Å². The third-order valence-corrected chi connectivity index (χ3v) is 4.46. The van der Waals surface area contributed by atoms with Crippen molar-refractivity contribution in [3.8, 4) is 0 Å². The van der Waals surface area contributed by atoms with Gasteiger partial charge in [0.15, 0.2) is 0 Å². The van der Waals surface area contributed by atoms with Crippen molar-refractivity contribution in [1.29, 1.82) is 0 Å². The van der Waals surface area contributed by atoms with Gasteiger partial charge in [0, 0.05) is 6.54 Å². The van der Waals surface area contributed by atoms with Crippen molar-refractivity contribution < 1.29 is 14.7 Å². The molecule has 1 saturated carbocycles. The summed E-state index contributed by atoms with van der Waals surface area (Å²) < 4.78 is 0. The van der Waals surface area contributed by atoms with Crippen LogP contribution in [0.4, 0.5) is 0 Å². The maximum Gasteiger partial charge on any atom is 0.306 e. The van der Waals surface area contributed by atoms with Gasteiger partial charge in [0.2, 0.25) is 5.91 Å². The van der Waals surface area contributed by atoms with Crippen molar-refractivity contribution in [2.24, 2.45) is 11.8 Å². The van der Waals surface area contributed by atoms with Crippen molar-refractivity contribution >= 4 is 23.2 Å². The molecule has 0 radical (unpaired) electrons. The first kappa shape index (κ1) is 14.1. The quantitative estimate of drug-likeness (QED) is 0.870. The zero-order chi connectivity index (χ0) is 13.7. The molecule has 0 atom stereocenters. The van der Waals surface area contributed by atoms with Gasteiger partial charge in [-0.15, -0.1) is 0 Å². The van der Waals surface area contributed by atoms with Gasteiger partial charge in [-0.1, -0.05) is 0 Å². The fraction of sp³-hybridized carbons (Fsp3) is 0.571. The molecule has 0 unspecified atom stereocenters. The number of amides is 1. The van der Waals surface area contributed by atoms with E-state index in [1.165, 1.54) is 0 Å². The van der Waals surface area contributed by atoms with E-state index in [9.17, 15) is 9.59 Å². The van der Waals surface area contributed by atoms with E-state index in [0.29, 0.717) is 18.9 Å². The first-order valence-corrected chi connectivity index (χ1v) is 7.60. The molecular formula is C14H19NO3S. The van der Waals surface area contributed by atoms with Crippen LogP contribution in [0.5, 0.6) is 0 Å². The lowest BCUT2D eigenvalue weighted by atomic mass is 9.82. The summed E-state index contributed by atoms with van der Waals surface area (Å²) in [7, 11) is 0. The number of hydrogen-bond acceptors (Lipinski definition) is 3. The van der Waals surface area contributed by atoms with Crippen molar-refractivity contribution in [3.05, 3.63) is 22.4 Å². The molecular weight excluding hydrogens is 262 g/mol. The SMILES string of the molecule is O=C(Cc1ccsc1)NCC1CCC(C(=O)O)CC1. The van der Waals surface area contributed by atoms with Crippen LogP contribution < -0.4 is 5.32 Å². The first-order valence-electron chi connectivity index (χ1n) is 6.65. The molecule has 1 heterocycles. The lowest BCUT2D eigenvalue weighted by Gasteiger charge is -2.26. The van der Waals surface area contributed by atoms with Crippen LogP contribution >= 0.6 is 11.3 Å². The Labute approximate surface area is 116 Å². The topological polar surface area (TPSA) is 66.4 Å². The summed E-state index contributed by atoms with van der Waals surface area (Å²) in [4.78, 5) is 22.6. The number of carboxylic acids is 1. The molecule has 19 heavy (non-hydrogen) atoms. The zero-order valence-electron chi connectivity index (χ0n) is 10.8. The molecule has 0 bridgehead atoms. The van der Waals surface area contributed by atoms with Crippen molar-refractivity contribution in [3.63, 3.8) is 0 Å². The van der Waals surface area contributed by atoms with Crippen LogP contribution in [0.15, 0.2) is 16.8 Å². The molecule has 0 saturated heterocycles. The molecule has 2 N–H and O–H groups in total. The molecule has 0 aliphatic heterocycles. The molecule has 1 fully saturated rings. The predicted octanol–water partition coefficient (Wildman–Crippen LogP) is 2.30. The monoisotopic (exact) mass is 281 g/mol. The minimum Gasteiger partial charge on any atom is -0.481 e. The summed E-state index contributed by atoms with van der Waals surface area (Å²) in [5, 5.41) is 15.8. The number of thiophene rings is 1. The van der Waals surface area contributed by atoms with Gasteiger partial charge in [-0.05, 0) is 54.0 Å². The van der Waals surface area contributed by atoms with Gasteiger partial charge < -0.3 is 10.4 Å². The van der Waals surface area contributed by atoms with E-state index < -0.39 is 5.97 Å². The summed E-state index contributed by atoms with van der Waals surface area (Å²) in [5.41, 5.74) is 1.05. The Morgan fingerprint density at radius 2 is 2.05 bits per heavy atom. The maximum absolute atomic E-state index is 11.7. The van der Waals surface area contributed by atoms with Gasteiger partial charge in [0.1, 0.15) is 0 Å². The van der Waals surface area contributed by atoms with E-state index in [-0.39, 0.29) is 11.8 Å². The average molecular weight is 281 g/mol. The van der Waals surface area contributed by atoms with Gasteiger partial charge in [-0.2, -0.15) is 11.3 Å². The third-order valence-electron chi connectivity index (χ3n) is 3.73. The number of nitrogens with one attached hydrogen (secondary N) is 1. The summed E-state index contributed by atoms with van der Waals surface area (Å²) in [5.74, 6) is -0.376. The van der Waals surface area contributed by atoms with E-state index in [1.807, 2.05) is 16.8 Å². The van der Waals surface area contributed by atoms with Crippen LogP contribution in [0.3, 0.4) is 0 Å². The van der Waals surface area contributed by atoms with Gasteiger partial charge >= 0.3 is 5.97 Å². The lowest BCUT2D eigenvalue weighted by Crippen LogP contribution is -2.33. The second-order valence-electron chi connectivity index (χ2n) is 5.17. The summed E-state index contributed by atoms with van der Waals surface area (Å²) >= 11 is 1.60. The minimum atomic E-state index is -0.681. The third kappa shape index (κ3) is 4.35. The van der Waals surface area contributed by atoms with Crippen LogP contribution in [0.1, 0.15) is 31.2 Å². The molecule has 1 aromatic heterocycles. The van der Waals surface area contributed by atoms with E-state index in [4.69, 9.17) is 5.11 Å². The first-order chi connectivity index (χ1) is 9.15. The van der Waals surface area contributed by atoms with E-state index in [1.54, 1.807) is 11.3 Å². The van der Waals surface area contributed by atoms with Gasteiger partial charge in [0.25, 0.3) is 0 Å². The molecule has 1 amide bonds. The molecule has 0 aromatic carbocycles. The normalized spacial score (nSPS) is 22.9. The molecule has 104 valence electrons. The number of rotatable bonds is 5. The smallest absolute Gasteiger partial charge is 0.306 e. The van der Waals surface area contributed by atoms with Crippen LogP contribution in [0.2, 0.25) is 0 Å². The molecule has 4 nitrogen and oxygen atoms in total. The molecule has 2 rings (SSSR count). The highest BCUT2D eigenvalue weighted by Gasteiger charge is 2.25. The summed E-state index contributed by atoms with van der Waals surface area (Å²) in [6.45, 7) is 0.676. The number of carbonyl (C=O) groups excluding carboxylic acids is 1. The zero-order valence-corrected chi connectivity index (χ0v) is 11.6. The Morgan fingerprint density at radius 3 is 2.63 bits per heavy atom. The summed E-state index contributed by atoms with van der Waals surface area (Å²) in [6, 6.07) is 1.96. The standard InChI is InChI=1S/C14H19NO3S/c16-13(7-11-5-6-19-9-11)15-8-10-1-3-12(4-2-10)14(17)18/h5-6,9-10,12H,1-4,7-8H2,(H,15,16)(H,17,18). The fourth-order valence-electron chi connectivity index (χ4n) is 2.51. The second kappa shape index (κ2) is 6.70. The lowest BCUT2D eigenvalue weighted by molar-refractivity contribution is -0.143. The highest BCUT2D eigenvalue weighted by molar-refractivity contribution is 7.07. The van der Waals surface area contributed by atoms with Crippen LogP contribution in [0.25, 0.3) is 0 Å². The average Bonchev–Trinajstić information content (AvgIpc) is 2.89. The van der Waals surface area contributed by atoms with Crippen LogP contribution in [-0.2, 0) is 16.0 Å². The second-order valence-corrected chi connectivity index (χ2v) is 5.95. The van der Waals surface area contributed by atoms with Gasteiger partial charge in [-0.3, -0.25) is 9.59 Å². The van der Waals surface area contributed by atoms with Crippen LogP contribution in [0, 0.1) is 11.8 Å². The van der Waals surface area contributed by atoms with E-state index in [2.05, 4.69) is 5.32 Å². The van der Waals surface area contributed by atoms with Crippen molar-refractivity contribution in [1.82, 2.24) is 5.32 Å². The Bertz CT molecular complexity index is 422. The Morgan fingerprint density at radius 1 is 1.32 bits per heavy atom. The van der Waals surface area contributed by atoms with Gasteiger partial charge in [-0.25, -0.2) is 0 Å². The molecule has 5 heteroatoms. The Hall–Kier alpha value is -1.36. The Balaban J connectivity index is 1.66. The number of carbonyl (C=O) groups is 2. The number of aliphatic carboxylic acids is 1. The minimum absolute atomic E-state index is 0.0544. The van der Waals surface area contributed by atoms with Gasteiger partial charge in [0.05, 0.1) is 12.3 Å². The fourth-order valence-corrected chi connectivity index (χ4v) is 3.18. The molecule has 1 aromatic rings. The van der Waals surface area contributed by atoms with Crippen LogP contribution in [-0.4, -0.2) is 23.5 Å². The predicted molar refractivity (Wildman–Crippen MR) is 74.1 cm³/mol.